The summed E-state index contributed by atoms with van der Waals surface area (Å²) in [6.45, 7) is 3.46. The lowest BCUT2D eigenvalue weighted by atomic mass is 10.1. The molecule has 0 amide bonds. The molecule has 1 atom stereocenters. The highest BCUT2D eigenvalue weighted by molar-refractivity contribution is 7.11. The second-order valence-corrected chi connectivity index (χ2v) is 5.92. The first-order chi connectivity index (χ1) is 10.2. The molecule has 3 rings (SSSR count). The van der Waals surface area contributed by atoms with E-state index in [1.807, 2.05) is 12.1 Å². The van der Waals surface area contributed by atoms with Crippen LogP contribution in [0, 0.1) is 0 Å². The van der Waals surface area contributed by atoms with Crippen molar-refractivity contribution in [3.8, 4) is 11.1 Å². The normalized spacial score (nSPS) is 19.6. The number of pyridine rings is 1. The molecule has 2 aromatic heterocycles. The first-order valence-corrected chi connectivity index (χ1v) is 7.71. The Morgan fingerprint density at radius 2 is 2.48 bits per heavy atom. The molecular formula is C14H19N5OS. The number of nitrogen functional groups attached to an aromatic ring is 1. The van der Waals surface area contributed by atoms with Crippen LogP contribution in [-0.4, -0.2) is 53.7 Å². The third-order valence-electron chi connectivity index (χ3n) is 3.50. The van der Waals surface area contributed by atoms with Crippen LogP contribution in [0.3, 0.4) is 0 Å². The lowest BCUT2D eigenvalue weighted by Crippen LogP contribution is -2.43. The number of ether oxygens (including phenoxy) is 1. The summed E-state index contributed by atoms with van der Waals surface area (Å²) in [7, 11) is 2.11. The molecule has 0 bridgehead atoms. The average molecular weight is 305 g/mol. The van der Waals surface area contributed by atoms with Gasteiger partial charge in [-0.1, -0.05) is 6.07 Å². The third-order valence-corrected chi connectivity index (χ3v) is 4.32. The number of morpholine rings is 1. The largest absolute Gasteiger partial charge is 0.382 e. The Morgan fingerprint density at radius 1 is 1.57 bits per heavy atom. The Balaban J connectivity index is 1.72. The number of hydrogen-bond donors (Lipinski definition) is 2. The van der Waals surface area contributed by atoms with E-state index in [-0.39, 0.29) is 6.10 Å². The lowest BCUT2D eigenvalue weighted by Gasteiger charge is -2.30. The number of anilines is 2. The van der Waals surface area contributed by atoms with E-state index in [1.54, 1.807) is 12.4 Å². The molecule has 0 radical (unpaired) electrons. The minimum Gasteiger partial charge on any atom is -0.382 e. The molecule has 0 aliphatic carbocycles. The van der Waals surface area contributed by atoms with Gasteiger partial charge in [0.25, 0.3) is 0 Å². The zero-order chi connectivity index (χ0) is 14.7. The molecule has 0 spiro atoms. The predicted molar refractivity (Wildman–Crippen MR) is 85.5 cm³/mol. The van der Waals surface area contributed by atoms with Crippen molar-refractivity contribution in [3.05, 3.63) is 24.5 Å². The summed E-state index contributed by atoms with van der Waals surface area (Å²) in [6.07, 6.45) is 3.74. The smallest absolute Gasteiger partial charge is 0.147 e. The number of nitrogens with two attached hydrogens (primary N) is 1. The predicted octanol–water partition coefficient (Wildman–Crippen LogP) is 1.53. The van der Waals surface area contributed by atoms with Gasteiger partial charge in [0.2, 0.25) is 0 Å². The standard InChI is InChI=1S/C14H19N5OS/c1-19-5-6-20-11(9-19)8-17-14-12(13(15)18-21-14)10-3-2-4-16-7-10/h2-4,7,11,17H,5-6,8-9H2,1H3,(H2,15,18). The molecule has 1 unspecified atom stereocenters. The summed E-state index contributed by atoms with van der Waals surface area (Å²) in [5, 5.41) is 4.39. The van der Waals surface area contributed by atoms with E-state index in [2.05, 4.69) is 26.6 Å². The SMILES string of the molecule is CN1CCOC(CNc2snc(N)c2-c2cccnc2)C1. The summed E-state index contributed by atoms with van der Waals surface area (Å²) < 4.78 is 10.0. The summed E-state index contributed by atoms with van der Waals surface area (Å²) in [5.41, 5.74) is 7.90. The van der Waals surface area contributed by atoms with E-state index in [9.17, 15) is 0 Å². The van der Waals surface area contributed by atoms with Crippen LogP contribution in [0.5, 0.6) is 0 Å². The van der Waals surface area contributed by atoms with E-state index in [4.69, 9.17) is 10.5 Å². The van der Waals surface area contributed by atoms with Gasteiger partial charge in [0.15, 0.2) is 0 Å². The summed E-state index contributed by atoms with van der Waals surface area (Å²) >= 11 is 1.38. The van der Waals surface area contributed by atoms with Gasteiger partial charge in [-0.2, -0.15) is 4.37 Å². The topological polar surface area (TPSA) is 76.3 Å². The number of nitrogens with zero attached hydrogens (tertiary/aromatic N) is 3. The molecule has 21 heavy (non-hydrogen) atoms. The highest BCUT2D eigenvalue weighted by Crippen LogP contribution is 2.36. The third kappa shape index (κ3) is 3.31. The first-order valence-electron chi connectivity index (χ1n) is 6.93. The van der Waals surface area contributed by atoms with Gasteiger partial charge in [-0.25, -0.2) is 0 Å². The Kier molecular flexibility index (Phi) is 4.33. The van der Waals surface area contributed by atoms with Crippen molar-refractivity contribution in [1.82, 2.24) is 14.3 Å². The van der Waals surface area contributed by atoms with Crippen LogP contribution >= 0.6 is 11.5 Å². The molecule has 112 valence electrons. The van der Waals surface area contributed by atoms with Gasteiger partial charge >= 0.3 is 0 Å². The number of hydrogen-bond acceptors (Lipinski definition) is 7. The highest BCUT2D eigenvalue weighted by Gasteiger charge is 2.19. The molecule has 1 aliphatic rings. The van der Waals surface area contributed by atoms with Crippen molar-refractivity contribution in [2.24, 2.45) is 0 Å². The van der Waals surface area contributed by atoms with Crippen LogP contribution in [0.1, 0.15) is 0 Å². The first kappa shape index (κ1) is 14.2. The Morgan fingerprint density at radius 3 is 3.24 bits per heavy atom. The quantitative estimate of drug-likeness (QED) is 0.892. The van der Waals surface area contributed by atoms with Crippen LogP contribution in [0.25, 0.3) is 11.1 Å². The molecule has 3 heterocycles. The van der Waals surface area contributed by atoms with Crippen molar-refractivity contribution in [1.29, 1.82) is 0 Å². The Hall–Kier alpha value is -1.70. The molecule has 3 N–H and O–H groups in total. The van der Waals surface area contributed by atoms with E-state index in [1.165, 1.54) is 11.5 Å². The van der Waals surface area contributed by atoms with Gasteiger partial charge < -0.3 is 20.7 Å². The fourth-order valence-electron chi connectivity index (χ4n) is 2.41. The lowest BCUT2D eigenvalue weighted by molar-refractivity contribution is -0.0116. The Labute approximate surface area is 128 Å². The fraction of sp³-hybridized carbons (Fsp3) is 0.429. The molecule has 1 fully saturated rings. The maximum absolute atomic E-state index is 6.00. The van der Waals surface area contributed by atoms with Crippen molar-refractivity contribution < 1.29 is 4.74 Å². The van der Waals surface area contributed by atoms with Gasteiger partial charge in [-0.15, -0.1) is 0 Å². The van der Waals surface area contributed by atoms with Gasteiger partial charge in [-0.3, -0.25) is 4.98 Å². The maximum atomic E-state index is 6.00. The molecule has 2 aromatic rings. The van der Waals surface area contributed by atoms with Crippen LogP contribution in [-0.2, 0) is 4.74 Å². The minimum atomic E-state index is 0.189. The van der Waals surface area contributed by atoms with Gasteiger partial charge in [0.1, 0.15) is 10.8 Å². The molecule has 0 saturated carbocycles. The van der Waals surface area contributed by atoms with Crippen LogP contribution < -0.4 is 11.1 Å². The van der Waals surface area contributed by atoms with Crippen LogP contribution in [0.4, 0.5) is 10.8 Å². The number of nitrogens with one attached hydrogen (secondary N) is 1. The van der Waals surface area contributed by atoms with Crippen molar-refractivity contribution in [2.45, 2.75) is 6.10 Å². The van der Waals surface area contributed by atoms with Gasteiger partial charge in [0.05, 0.1) is 18.3 Å². The van der Waals surface area contributed by atoms with Crippen molar-refractivity contribution >= 4 is 22.4 Å². The van der Waals surface area contributed by atoms with Gasteiger partial charge in [0, 0.05) is 37.6 Å². The second kappa shape index (κ2) is 6.38. The molecule has 7 heteroatoms. The summed E-state index contributed by atoms with van der Waals surface area (Å²) in [5.74, 6) is 0.539. The molecule has 6 nitrogen and oxygen atoms in total. The number of rotatable bonds is 4. The number of aromatic nitrogens is 2. The fourth-order valence-corrected chi connectivity index (χ4v) is 3.15. The van der Waals surface area contributed by atoms with Gasteiger partial charge in [-0.05, 0) is 24.6 Å². The average Bonchev–Trinajstić information content (AvgIpc) is 2.87. The van der Waals surface area contributed by atoms with E-state index in [0.717, 1.165) is 42.4 Å². The number of likely N-dealkylation sites (N-methyl/N-ethyl adjacent to an activating group) is 1. The van der Waals surface area contributed by atoms with E-state index < -0.39 is 0 Å². The van der Waals surface area contributed by atoms with E-state index >= 15 is 0 Å². The molecular weight excluding hydrogens is 286 g/mol. The van der Waals surface area contributed by atoms with Crippen LogP contribution in [0.15, 0.2) is 24.5 Å². The monoisotopic (exact) mass is 305 g/mol. The van der Waals surface area contributed by atoms with Crippen molar-refractivity contribution in [2.75, 3.05) is 44.3 Å². The van der Waals surface area contributed by atoms with Crippen LogP contribution in [0.2, 0.25) is 0 Å². The zero-order valence-corrected chi connectivity index (χ0v) is 12.8. The molecule has 0 aromatic carbocycles. The summed E-state index contributed by atoms with van der Waals surface area (Å²) in [6, 6.07) is 3.89. The second-order valence-electron chi connectivity index (χ2n) is 5.15. The molecule has 1 aliphatic heterocycles. The molecule has 1 saturated heterocycles. The maximum Gasteiger partial charge on any atom is 0.147 e. The zero-order valence-electron chi connectivity index (χ0n) is 12.0. The van der Waals surface area contributed by atoms with E-state index in [0.29, 0.717) is 5.82 Å². The highest BCUT2D eigenvalue weighted by atomic mass is 32.1. The minimum absolute atomic E-state index is 0.189. The summed E-state index contributed by atoms with van der Waals surface area (Å²) in [4.78, 5) is 6.42. The van der Waals surface area contributed by atoms with Crippen molar-refractivity contribution in [3.63, 3.8) is 0 Å². The Bertz CT molecular complexity index is 588.